The van der Waals surface area contributed by atoms with Crippen LogP contribution in [0, 0.1) is 0 Å². The summed E-state index contributed by atoms with van der Waals surface area (Å²) in [6, 6.07) is 23.1. The number of ether oxygens (including phenoxy) is 2. The van der Waals surface area contributed by atoms with E-state index < -0.39 is 0 Å². The SMILES string of the molecule is CCOCCN(CCOc1ccc(C(=O)Nc2ccccc2N)cc1)C(=O)c1cc2ccccc2o1. The molecule has 0 radical (unpaired) electrons. The molecule has 0 aliphatic heterocycles. The van der Waals surface area contributed by atoms with Crippen LogP contribution in [-0.4, -0.2) is 49.6 Å². The molecule has 8 nitrogen and oxygen atoms in total. The number of anilines is 2. The maximum atomic E-state index is 13.1. The molecule has 4 rings (SSSR count). The van der Waals surface area contributed by atoms with Gasteiger partial charge in [0.1, 0.15) is 17.9 Å². The van der Waals surface area contributed by atoms with Crippen LogP contribution < -0.4 is 15.8 Å². The molecule has 0 saturated carbocycles. The van der Waals surface area contributed by atoms with Crippen molar-refractivity contribution in [3.63, 3.8) is 0 Å². The van der Waals surface area contributed by atoms with Crippen molar-refractivity contribution in [1.29, 1.82) is 0 Å². The Morgan fingerprint density at radius 3 is 2.42 bits per heavy atom. The maximum absolute atomic E-state index is 13.1. The summed E-state index contributed by atoms with van der Waals surface area (Å²) in [4.78, 5) is 27.3. The van der Waals surface area contributed by atoms with Crippen LogP contribution in [0.15, 0.2) is 83.3 Å². The molecule has 0 fully saturated rings. The van der Waals surface area contributed by atoms with Gasteiger partial charge in [-0.1, -0.05) is 30.3 Å². The predicted molar refractivity (Wildman–Crippen MR) is 139 cm³/mol. The van der Waals surface area contributed by atoms with Gasteiger partial charge < -0.3 is 29.8 Å². The van der Waals surface area contributed by atoms with Crippen molar-refractivity contribution in [2.75, 3.05) is 44.0 Å². The zero-order chi connectivity index (χ0) is 25.3. The number of para-hydroxylation sites is 3. The number of nitrogens with zero attached hydrogens (tertiary/aromatic N) is 1. The number of nitrogen functional groups attached to an aromatic ring is 1. The van der Waals surface area contributed by atoms with Gasteiger partial charge in [-0.3, -0.25) is 9.59 Å². The topological polar surface area (TPSA) is 107 Å². The summed E-state index contributed by atoms with van der Waals surface area (Å²) in [7, 11) is 0. The Labute approximate surface area is 209 Å². The quantitative estimate of drug-likeness (QED) is 0.232. The lowest BCUT2D eigenvalue weighted by Crippen LogP contribution is -2.37. The number of hydrogen-bond acceptors (Lipinski definition) is 6. The minimum atomic E-state index is -0.266. The number of hydrogen-bond donors (Lipinski definition) is 2. The summed E-state index contributed by atoms with van der Waals surface area (Å²) < 4.78 is 17.0. The molecule has 0 spiro atoms. The standard InChI is InChI=1S/C28H29N3O5/c1-2-34-17-15-31(28(33)26-19-21-7-3-6-10-25(21)36-26)16-18-35-22-13-11-20(12-14-22)27(32)30-24-9-5-4-8-23(24)29/h3-14,19H,2,15-18,29H2,1H3,(H,30,32). The monoisotopic (exact) mass is 487 g/mol. The highest BCUT2D eigenvalue weighted by Crippen LogP contribution is 2.21. The third kappa shape index (κ3) is 6.22. The number of carbonyl (C=O) groups excluding carboxylic acids is 2. The molecule has 0 unspecified atom stereocenters. The number of amides is 2. The second-order valence-corrected chi connectivity index (χ2v) is 8.05. The van der Waals surface area contributed by atoms with Crippen LogP contribution in [0.3, 0.4) is 0 Å². The van der Waals surface area contributed by atoms with Gasteiger partial charge in [0, 0.05) is 24.1 Å². The molecule has 0 saturated heterocycles. The van der Waals surface area contributed by atoms with E-state index in [9.17, 15) is 9.59 Å². The first-order valence-electron chi connectivity index (χ1n) is 11.8. The van der Waals surface area contributed by atoms with E-state index in [2.05, 4.69) is 5.32 Å². The molecule has 2 amide bonds. The van der Waals surface area contributed by atoms with Crippen molar-refractivity contribution < 1.29 is 23.5 Å². The van der Waals surface area contributed by atoms with Crippen LogP contribution in [-0.2, 0) is 4.74 Å². The molecular weight excluding hydrogens is 458 g/mol. The normalized spacial score (nSPS) is 10.8. The number of nitrogens with two attached hydrogens (primary N) is 1. The smallest absolute Gasteiger partial charge is 0.289 e. The molecule has 3 aromatic carbocycles. The minimum Gasteiger partial charge on any atom is -0.492 e. The largest absolute Gasteiger partial charge is 0.492 e. The van der Waals surface area contributed by atoms with Gasteiger partial charge in [0.2, 0.25) is 0 Å². The van der Waals surface area contributed by atoms with Crippen molar-refractivity contribution in [3.05, 3.63) is 90.2 Å². The van der Waals surface area contributed by atoms with E-state index in [0.29, 0.717) is 54.6 Å². The van der Waals surface area contributed by atoms with Crippen molar-refractivity contribution in [3.8, 4) is 5.75 Å². The second kappa shape index (κ2) is 11.9. The highest BCUT2D eigenvalue weighted by Gasteiger charge is 2.20. The molecular formula is C28H29N3O5. The van der Waals surface area contributed by atoms with E-state index in [1.54, 1.807) is 59.5 Å². The molecule has 0 bridgehead atoms. The van der Waals surface area contributed by atoms with Gasteiger partial charge in [-0.05, 0) is 55.5 Å². The van der Waals surface area contributed by atoms with E-state index in [-0.39, 0.29) is 24.2 Å². The first-order valence-corrected chi connectivity index (χ1v) is 11.8. The summed E-state index contributed by atoms with van der Waals surface area (Å²) in [5.74, 6) is 0.383. The molecule has 186 valence electrons. The fraction of sp³-hybridized carbons (Fsp3) is 0.214. The summed E-state index contributed by atoms with van der Waals surface area (Å²) in [6.07, 6.45) is 0. The Bertz CT molecular complexity index is 1280. The van der Waals surface area contributed by atoms with E-state index in [1.165, 1.54) is 0 Å². The van der Waals surface area contributed by atoms with Gasteiger partial charge in [0.05, 0.1) is 24.5 Å². The first-order chi connectivity index (χ1) is 17.5. The number of nitrogens with one attached hydrogen (secondary N) is 1. The lowest BCUT2D eigenvalue weighted by Gasteiger charge is -2.21. The predicted octanol–water partition coefficient (Wildman–Crippen LogP) is 4.83. The molecule has 8 heteroatoms. The number of fused-ring (bicyclic) bond motifs is 1. The molecule has 1 heterocycles. The van der Waals surface area contributed by atoms with Gasteiger partial charge in [-0.25, -0.2) is 0 Å². The van der Waals surface area contributed by atoms with Crippen LogP contribution in [0.5, 0.6) is 5.75 Å². The Hall–Kier alpha value is -4.30. The summed E-state index contributed by atoms with van der Waals surface area (Å²) in [6.45, 7) is 3.92. The van der Waals surface area contributed by atoms with Crippen molar-refractivity contribution in [1.82, 2.24) is 4.90 Å². The molecule has 3 N–H and O–H groups in total. The van der Waals surface area contributed by atoms with Gasteiger partial charge in [-0.2, -0.15) is 0 Å². The second-order valence-electron chi connectivity index (χ2n) is 8.05. The third-order valence-corrected chi connectivity index (χ3v) is 5.59. The fourth-order valence-electron chi connectivity index (χ4n) is 3.66. The van der Waals surface area contributed by atoms with Gasteiger partial charge in [-0.15, -0.1) is 0 Å². The summed E-state index contributed by atoms with van der Waals surface area (Å²) in [5.41, 5.74) is 8.09. The molecule has 0 aliphatic carbocycles. The van der Waals surface area contributed by atoms with Gasteiger partial charge in [0.15, 0.2) is 5.76 Å². The Balaban J connectivity index is 1.34. The maximum Gasteiger partial charge on any atom is 0.289 e. The van der Waals surface area contributed by atoms with Crippen LogP contribution in [0.25, 0.3) is 11.0 Å². The number of rotatable bonds is 11. The van der Waals surface area contributed by atoms with Crippen molar-refractivity contribution in [2.24, 2.45) is 0 Å². The molecule has 1 aromatic heterocycles. The average molecular weight is 488 g/mol. The van der Waals surface area contributed by atoms with E-state index >= 15 is 0 Å². The van der Waals surface area contributed by atoms with Crippen LogP contribution >= 0.6 is 0 Å². The Morgan fingerprint density at radius 2 is 1.67 bits per heavy atom. The Kier molecular flexibility index (Phi) is 8.20. The zero-order valence-electron chi connectivity index (χ0n) is 20.1. The van der Waals surface area contributed by atoms with E-state index in [1.807, 2.05) is 31.2 Å². The van der Waals surface area contributed by atoms with Gasteiger partial charge >= 0.3 is 0 Å². The van der Waals surface area contributed by atoms with Crippen LogP contribution in [0.2, 0.25) is 0 Å². The lowest BCUT2D eigenvalue weighted by atomic mass is 10.2. The fourth-order valence-corrected chi connectivity index (χ4v) is 3.66. The molecule has 0 atom stereocenters. The average Bonchev–Trinajstić information content (AvgIpc) is 3.33. The van der Waals surface area contributed by atoms with Crippen molar-refractivity contribution >= 4 is 34.2 Å². The lowest BCUT2D eigenvalue weighted by molar-refractivity contribution is 0.0600. The number of carbonyl (C=O) groups is 2. The highest BCUT2D eigenvalue weighted by molar-refractivity contribution is 6.05. The number of furan rings is 1. The van der Waals surface area contributed by atoms with Crippen LogP contribution in [0.1, 0.15) is 27.8 Å². The van der Waals surface area contributed by atoms with Crippen molar-refractivity contribution in [2.45, 2.75) is 6.92 Å². The van der Waals surface area contributed by atoms with Gasteiger partial charge in [0.25, 0.3) is 11.8 Å². The number of benzene rings is 3. The first kappa shape index (κ1) is 24.8. The highest BCUT2D eigenvalue weighted by atomic mass is 16.5. The Morgan fingerprint density at radius 1 is 0.944 bits per heavy atom. The molecule has 36 heavy (non-hydrogen) atoms. The van der Waals surface area contributed by atoms with E-state index in [4.69, 9.17) is 19.6 Å². The summed E-state index contributed by atoms with van der Waals surface area (Å²) >= 11 is 0. The zero-order valence-corrected chi connectivity index (χ0v) is 20.1. The molecule has 4 aromatic rings. The van der Waals surface area contributed by atoms with Crippen LogP contribution in [0.4, 0.5) is 11.4 Å². The molecule has 0 aliphatic rings. The minimum absolute atomic E-state index is 0.221. The third-order valence-electron chi connectivity index (χ3n) is 5.59. The van der Waals surface area contributed by atoms with E-state index in [0.717, 1.165) is 5.39 Å². The summed E-state index contributed by atoms with van der Waals surface area (Å²) in [5, 5.41) is 3.67.